The Labute approximate surface area is 106 Å². The second kappa shape index (κ2) is 5.48. The molecule has 1 aromatic rings. The van der Waals surface area contributed by atoms with Gasteiger partial charge in [0.2, 0.25) is 6.17 Å². The molecule has 0 bridgehead atoms. The van der Waals surface area contributed by atoms with Crippen molar-refractivity contribution >= 4 is 5.97 Å². The molecule has 2 atom stereocenters. The van der Waals surface area contributed by atoms with Crippen molar-refractivity contribution < 1.29 is 19.0 Å². The second-order valence-electron chi connectivity index (χ2n) is 4.54. The first kappa shape index (κ1) is 13.0. The van der Waals surface area contributed by atoms with Crippen LogP contribution < -0.4 is 0 Å². The highest BCUT2D eigenvalue weighted by atomic mass is 19.1. The van der Waals surface area contributed by atoms with Gasteiger partial charge in [0, 0.05) is 0 Å². The fourth-order valence-electron chi connectivity index (χ4n) is 1.93. The molecule has 4 heteroatoms. The number of ether oxygens (including phenoxy) is 1. The van der Waals surface area contributed by atoms with Crippen molar-refractivity contribution in [3.05, 3.63) is 35.4 Å². The fourth-order valence-corrected chi connectivity index (χ4v) is 1.93. The number of rotatable bonds is 5. The van der Waals surface area contributed by atoms with Crippen molar-refractivity contribution in [1.82, 2.24) is 0 Å². The van der Waals surface area contributed by atoms with Crippen LogP contribution in [0.25, 0.3) is 0 Å². The lowest BCUT2D eigenvalue weighted by Gasteiger charge is -2.15. The van der Waals surface area contributed by atoms with Crippen molar-refractivity contribution in [3.8, 4) is 0 Å². The van der Waals surface area contributed by atoms with Crippen LogP contribution in [0.15, 0.2) is 24.3 Å². The van der Waals surface area contributed by atoms with Gasteiger partial charge in [-0.25, -0.2) is 9.18 Å². The van der Waals surface area contributed by atoms with Crippen molar-refractivity contribution in [1.29, 1.82) is 0 Å². The molecule has 0 amide bonds. The lowest BCUT2D eigenvalue weighted by Crippen LogP contribution is -2.26. The zero-order valence-corrected chi connectivity index (χ0v) is 10.3. The summed E-state index contributed by atoms with van der Waals surface area (Å²) in [5.41, 5.74) is 1.53. The van der Waals surface area contributed by atoms with Crippen molar-refractivity contribution in [2.24, 2.45) is 0 Å². The minimum atomic E-state index is -2.03. The monoisotopic (exact) mass is 252 g/mol. The molecule has 0 heterocycles. The third-order valence-electron chi connectivity index (χ3n) is 3.09. The molecule has 2 rings (SSSR count). The normalized spacial score (nSPS) is 18.2. The Morgan fingerprint density at radius 3 is 2.89 bits per heavy atom. The summed E-state index contributed by atoms with van der Waals surface area (Å²) in [7, 11) is 0. The Hall–Kier alpha value is -1.42. The number of alkyl halides is 1. The van der Waals surface area contributed by atoms with Gasteiger partial charge in [0.25, 0.3) is 0 Å². The maximum absolute atomic E-state index is 13.7. The molecule has 1 aliphatic rings. The Morgan fingerprint density at radius 1 is 1.56 bits per heavy atom. The van der Waals surface area contributed by atoms with E-state index in [2.05, 4.69) is 4.74 Å². The molecule has 0 spiro atoms. The van der Waals surface area contributed by atoms with Crippen LogP contribution in [0.5, 0.6) is 0 Å². The minimum absolute atomic E-state index is 0.105. The summed E-state index contributed by atoms with van der Waals surface area (Å²) < 4.78 is 18.2. The summed E-state index contributed by atoms with van der Waals surface area (Å²) in [4.78, 5) is 11.2. The van der Waals surface area contributed by atoms with E-state index >= 15 is 0 Å². The highest BCUT2D eigenvalue weighted by molar-refractivity contribution is 5.75. The van der Waals surface area contributed by atoms with Gasteiger partial charge in [0.05, 0.1) is 6.61 Å². The van der Waals surface area contributed by atoms with Crippen molar-refractivity contribution in [2.75, 3.05) is 6.61 Å². The van der Waals surface area contributed by atoms with E-state index in [1.165, 1.54) is 0 Å². The van der Waals surface area contributed by atoms with E-state index in [1.807, 2.05) is 6.07 Å². The molecule has 1 aliphatic carbocycles. The SMILES string of the molecule is CCOC(=O)C(F)C(O)c1cccc(C2CC2)c1. The predicted octanol–water partition coefficient (Wildman–Crippen LogP) is 2.50. The van der Waals surface area contributed by atoms with Crippen molar-refractivity contribution in [3.63, 3.8) is 0 Å². The summed E-state index contributed by atoms with van der Waals surface area (Å²) in [6.45, 7) is 1.71. The van der Waals surface area contributed by atoms with Gasteiger partial charge in [0.1, 0.15) is 6.10 Å². The van der Waals surface area contributed by atoms with E-state index in [-0.39, 0.29) is 6.61 Å². The molecule has 98 valence electrons. The molecule has 0 aliphatic heterocycles. The lowest BCUT2D eigenvalue weighted by atomic mass is 10.0. The summed E-state index contributed by atoms with van der Waals surface area (Å²) in [5.74, 6) is -0.486. The number of esters is 1. The molecule has 2 unspecified atom stereocenters. The molecule has 1 fully saturated rings. The minimum Gasteiger partial charge on any atom is -0.464 e. The maximum Gasteiger partial charge on any atom is 0.343 e. The number of benzene rings is 1. The number of hydrogen-bond acceptors (Lipinski definition) is 3. The van der Waals surface area contributed by atoms with E-state index in [4.69, 9.17) is 0 Å². The van der Waals surface area contributed by atoms with Gasteiger partial charge in [0.15, 0.2) is 0 Å². The van der Waals surface area contributed by atoms with Gasteiger partial charge in [-0.15, -0.1) is 0 Å². The molecule has 1 aromatic carbocycles. The summed E-state index contributed by atoms with van der Waals surface area (Å²) >= 11 is 0. The first-order chi connectivity index (χ1) is 8.63. The van der Waals surface area contributed by atoms with Gasteiger partial charge in [-0.3, -0.25) is 0 Å². The van der Waals surface area contributed by atoms with Crippen LogP contribution in [0.2, 0.25) is 0 Å². The van der Waals surface area contributed by atoms with Gasteiger partial charge in [-0.1, -0.05) is 24.3 Å². The number of carbonyl (C=O) groups excluding carboxylic acids is 1. The summed E-state index contributed by atoms with van der Waals surface area (Å²) in [6, 6.07) is 7.14. The van der Waals surface area contributed by atoms with Crippen LogP contribution in [-0.4, -0.2) is 23.9 Å². The average Bonchev–Trinajstić information content (AvgIpc) is 3.22. The van der Waals surface area contributed by atoms with Crippen LogP contribution >= 0.6 is 0 Å². The number of aliphatic hydroxyl groups is 1. The quantitative estimate of drug-likeness (QED) is 0.819. The second-order valence-corrected chi connectivity index (χ2v) is 4.54. The van der Waals surface area contributed by atoms with E-state index in [0.717, 1.165) is 18.4 Å². The van der Waals surface area contributed by atoms with Gasteiger partial charge in [-0.2, -0.15) is 0 Å². The standard InChI is InChI=1S/C14H17FO3/c1-2-18-14(17)12(15)13(16)11-5-3-4-10(8-11)9-6-7-9/h3-5,8-9,12-13,16H,2,6-7H2,1H3. The van der Waals surface area contributed by atoms with Crippen LogP contribution in [0.1, 0.15) is 42.9 Å². The lowest BCUT2D eigenvalue weighted by molar-refractivity contribution is -0.153. The smallest absolute Gasteiger partial charge is 0.343 e. The molecule has 18 heavy (non-hydrogen) atoms. The molecular weight excluding hydrogens is 235 g/mol. The molecule has 1 saturated carbocycles. The highest BCUT2D eigenvalue weighted by Crippen LogP contribution is 2.40. The van der Waals surface area contributed by atoms with Crippen LogP contribution in [0, 0.1) is 0 Å². The molecule has 0 radical (unpaired) electrons. The van der Waals surface area contributed by atoms with E-state index in [9.17, 15) is 14.3 Å². The Morgan fingerprint density at radius 2 is 2.28 bits per heavy atom. The van der Waals surface area contributed by atoms with Gasteiger partial charge < -0.3 is 9.84 Å². The fraction of sp³-hybridized carbons (Fsp3) is 0.500. The molecule has 0 aromatic heterocycles. The first-order valence-electron chi connectivity index (χ1n) is 6.22. The Bertz CT molecular complexity index is 429. The highest BCUT2D eigenvalue weighted by Gasteiger charge is 2.30. The van der Waals surface area contributed by atoms with E-state index in [0.29, 0.717) is 11.5 Å². The molecule has 1 N–H and O–H groups in total. The van der Waals surface area contributed by atoms with Crippen LogP contribution in [0.3, 0.4) is 0 Å². The van der Waals surface area contributed by atoms with Crippen molar-refractivity contribution in [2.45, 2.75) is 38.0 Å². The molecular formula is C14H17FO3. The third kappa shape index (κ3) is 2.88. The third-order valence-corrected chi connectivity index (χ3v) is 3.09. The number of halogens is 1. The largest absolute Gasteiger partial charge is 0.464 e. The van der Waals surface area contributed by atoms with Crippen LogP contribution in [0.4, 0.5) is 4.39 Å². The predicted molar refractivity (Wildman–Crippen MR) is 64.9 cm³/mol. The topological polar surface area (TPSA) is 46.5 Å². The average molecular weight is 252 g/mol. The number of hydrogen-bond donors (Lipinski definition) is 1. The van der Waals surface area contributed by atoms with E-state index < -0.39 is 18.2 Å². The Balaban J connectivity index is 2.09. The molecule has 3 nitrogen and oxygen atoms in total. The number of aliphatic hydroxyl groups excluding tert-OH is 1. The Kier molecular flexibility index (Phi) is 3.97. The zero-order valence-electron chi connectivity index (χ0n) is 10.3. The first-order valence-corrected chi connectivity index (χ1v) is 6.22. The van der Waals surface area contributed by atoms with Gasteiger partial charge in [-0.05, 0) is 36.8 Å². The number of carbonyl (C=O) groups is 1. The van der Waals surface area contributed by atoms with Crippen LogP contribution in [-0.2, 0) is 9.53 Å². The summed E-state index contributed by atoms with van der Waals surface area (Å²) in [5, 5.41) is 9.84. The van der Waals surface area contributed by atoms with Gasteiger partial charge >= 0.3 is 5.97 Å². The summed E-state index contributed by atoms with van der Waals surface area (Å²) in [6.07, 6.45) is -1.21. The molecule has 0 saturated heterocycles. The zero-order chi connectivity index (χ0) is 13.1. The van der Waals surface area contributed by atoms with E-state index in [1.54, 1.807) is 25.1 Å². The maximum atomic E-state index is 13.7.